The Hall–Kier alpha value is -4.24. The zero-order valence-corrected chi connectivity index (χ0v) is 43.2. The SMILES string of the molecule is CC(C)c1nc(-c2cccc3c2CCC=C(OC2CC4C(=O)NC5(C(=O)NS(=O)(=O)C6(C)CC6)CC5C=CCCCCCC(CCCC(=O)OC(C)(C)C)C(=O)N4C2)N3C(C)C)sc1C(C)C. The van der Waals surface area contributed by atoms with E-state index in [0.29, 0.717) is 56.2 Å². The molecular weight excluding hydrogens is 887 g/mol. The van der Waals surface area contributed by atoms with Crippen molar-refractivity contribution in [2.45, 2.75) is 205 Å². The molecule has 2 aromatic rings. The largest absolute Gasteiger partial charge is 0.474 e. The van der Waals surface area contributed by atoms with Crippen molar-refractivity contribution < 1.29 is 37.1 Å². The number of nitrogens with one attached hydrogen (secondary N) is 2. The summed E-state index contributed by atoms with van der Waals surface area (Å²) in [4.78, 5) is 67.1. The van der Waals surface area contributed by atoms with E-state index in [0.717, 1.165) is 54.1 Å². The Morgan fingerprint density at radius 2 is 1.78 bits per heavy atom. The van der Waals surface area contributed by atoms with Crippen LogP contribution in [0.4, 0.5) is 5.69 Å². The minimum absolute atomic E-state index is 0.00866. The first-order valence-corrected chi connectivity index (χ1v) is 27.2. The molecule has 3 aliphatic heterocycles. The van der Waals surface area contributed by atoms with Gasteiger partial charge in [0.1, 0.15) is 28.3 Å². The van der Waals surface area contributed by atoms with E-state index in [1.54, 1.807) is 23.2 Å². The lowest BCUT2D eigenvalue weighted by molar-refractivity contribution is -0.155. The molecular formula is C52H75N5O8S2. The van der Waals surface area contributed by atoms with E-state index < -0.39 is 61.7 Å². The number of anilines is 1. The Labute approximate surface area is 403 Å². The van der Waals surface area contributed by atoms with Gasteiger partial charge in [0.2, 0.25) is 21.8 Å². The van der Waals surface area contributed by atoms with E-state index in [9.17, 15) is 22.8 Å². The van der Waals surface area contributed by atoms with Crippen LogP contribution in [0.25, 0.3) is 10.6 Å². The van der Waals surface area contributed by atoms with Crippen LogP contribution in [0.1, 0.15) is 181 Å². The number of carbonyl (C=O) groups excluding carboxylic acids is 4. The van der Waals surface area contributed by atoms with Gasteiger partial charge in [0.15, 0.2) is 5.88 Å². The van der Waals surface area contributed by atoms with Crippen LogP contribution < -0.4 is 14.9 Å². The highest BCUT2D eigenvalue weighted by molar-refractivity contribution is 7.91. The highest BCUT2D eigenvalue weighted by atomic mass is 32.2. The molecule has 0 bridgehead atoms. The number of thiazole rings is 1. The topological polar surface area (TPSA) is 164 Å². The van der Waals surface area contributed by atoms with E-state index in [2.05, 4.69) is 80.8 Å². The molecule has 1 aromatic heterocycles. The van der Waals surface area contributed by atoms with Gasteiger partial charge in [-0.05, 0) is 135 Å². The van der Waals surface area contributed by atoms with Crippen LogP contribution in [0.2, 0.25) is 0 Å². The van der Waals surface area contributed by atoms with Crippen molar-refractivity contribution in [3.8, 4) is 10.6 Å². The normalized spacial score (nSPS) is 25.6. The van der Waals surface area contributed by atoms with Crippen molar-refractivity contribution >= 4 is 50.7 Å². The van der Waals surface area contributed by atoms with Gasteiger partial charge in [0.25, 0.3) is 5.91 Å². The van der Waals surface area contributed by atoms with E-state index in [-0.39, 0.29) is 43.7 Å². The minimum atomic E-state index is -3.98. The number of hydrogen-bond acceptors (Lipinski definition) is 11. The Morgan fingerprint density at radius 3 is 2.43 bits per heavy atom. The molecule has 1 aromatic carbocycles. The second-order valence-electron chi connectivity index (χ2n) is 21.8. The van der Waals surface area contributed by atoms with Gasteiger partial charge in [-0.2, -0.15) is 0 Å². The van der Waals surface area contributed by atoms with Gasteiger partial charge < -0.3 is 24.6 Å². The van der Waals surface area contributed by atoms with Crippen molar-refractivity contribution in [1.29, 1.82) is 0 Å². The van der Waals surface area contributed by atoms with Crippen LogP contribution in [0, 0.1) is 11.8 Å². The maximum atomic E-state index is 15.0. The molecule has 368 valence electrons. The van der Waals surface area contributed by atoms with Crippen LogP contribution in [-0.2, 0) is 45.1 Å². The Kier molecular flexibility index (Phi) is 15.1. The smallest absolute Gasteiger partial charge is 0.306 e. The number of esters is 1. The van der Waals surface area contributed by atoms with Gasteiger partial charge in [-0.25, -0.2) is 13.4 Å². The van der Waals surface area contributed by atoms with Gasteiger partial charge in [-0.1, -0.05) is 64.8 Å². The fraction of sp³-hybridized carbons (Fsp3) is 0.673. The van der Waals surface area contributed by atoms with Crippen molar-refractivity contribution in [3.05, 3.63) is 58.4 Å². The molecule has 5 aliphatic rings. The number of amides is 3. The van der Waals surface area contributed by atoms with Crippen LogP contribution in [0.5, 0.6) is 0 Å². The average Bonchev–Trinajstić information content (AvgIpc) is 4.06. The lowest BCUT2D eigenvalue weighted by Crippen LogP contribution is -2.57. The van der Waals surface area contributed by atoms with Crippen LogP contribution >= 0.6 is 11.3 Å². The van der Waals surface area contributed by atoms with Gasteiger partial charge in [0.05, 0.1) is 17.0 Å². The number of sulfonamides is 1. The highest BCUT2D eigenvalue weighted by Gasteiger charge is 2.63. The summed E-state index contributed by atoms with van der Waals surface area (Å²) in [5.74, 6) is -1.30. The summed E-state index contributed by atoms with van der Waals surface area (Å²) in [6.07, 6.45) is 13.3. The number of rotatable bonds is 13. The quantitative estimate of drug-likeness (QED) is 0.146. The summed E-state index contributed by atoms with van der Waals surface area (Å²) in [6, 6.07) is 5.39. The number of carbonyl (C=O) groups is 4. The Balaban J connectivity index is 1.19. The molecule has 4 heterocycles. The van der Waals surface area contributed by atoms with Crippen LogP contribution in [-0.4, -0.2) is 82.6 Å². The number of ether oxygens (including phenoxy) is 2. The molecule has 0 spiro atoms. The van der Waals surface area contributed by atoms with Crippen molar-refractivity contribution in [3.63, 3.8) is 0 Å². The first-order chi connectivity index (χ1) is 31.5. The maximum Gasteiger partial charge on any atom is 0.306 e. The Morgan fingerprint density at radius 1 is 1.03 bits per heavy atom. The summed E-state index contributed by atoms with van der Waals surface area (Å²) < 4.78 is 40.6. The molecule has 5 unspecified atom stereocenters. The summed E-state index contributed by atoms with van der Waals surface area (Å²) in [7, 11) is -3.98. The van der Waals surface area contributed by atoms with E-state index >= 15 is 4.79 Å². The molecule has 5 atom stereocenters. The molecule has 2 N–H and O–H groups in total. The lowest BCUT2D eigenvalue weighted by Gasteiger charge is -2.33. The molecule has 13 nitrogen and oxygen atoms in total. The molecule has 3 fully saturated rings. The van der Waals surface area contributed by atoms with Crippen LogP contribution in [0.15, 0.2) is 42.3 Å². The zero-order valence-electron chi connectivity index (χ0n) is 41.5. The summed E-state index contributed by atoms with van der Waals surface area (Å²) in [5, 5.41) is 4.04. The molecule has 67 heavy (non-hydrogen) atoms. The Bertz CT molecular complexity index is 2330. The molecule has 15 heteroatoms. The van der Waals surface area contributed by atoms with Gasteiger partial charge in [-0.3, -0.25) is 23.9 Å². The monoisotopic (exact) mass is 962 g/mol. The third-order valence-electron chi connectivity index (χ3n) is 14.1. The van der Waals surface area contributed by atoms with Crippen LogP contribution in [0.3, 0.4) is 0 Å². The molecule has 2 saturated carbocycles. The van der Waals surface area contributed by atoms with Gasteiger partial charge in [-0.15, -0.1) is 11.3 Å². The molecule has 1 saturated heterocycles. The number of aromatic nitrogens is 1. The predicted octanol–water partition coefficient (Wildman–Crippen LogP) is 9.57. The first-order valence-electron chi connectivity index (χ1n) is 24.9. The van der Waals surface area contributed by atoms with E-state index in [1.165, 1.54) is 10.4 Å². The fourth-order valence-electron chi connectivity index (χ4n) is 9.96. The number of allylic oxidation sites excluding steroid dienone is 2. The second kappa shape index (κ2) is 20.0. The van der Waals surface area contributed by atoms with Gasteiger partial charge in [0, 0.05) is 46.8 Å². The third-order valence-corrected chi connectivity index (χ3v) is 17.7. The average molecular weight is 962 g/mol. The van der Waals surface area contributed by atoms with Crippen molar-refractivity contribution in [2.75, 3.05) is 11.4 Å². The summed E-state index contributed by atoms with van der Waals surface area (Å²) >= 11 is 1.77. The molecule has 0 radical (unpaired) electrons. The maximum absolute atomic E-state index is 15.0. The second-order valence-corrected chi connectivity index (χ2v) is 25.0. The van der Waals surface area contributed by atoms with Gasteiger partial charge >= 0.3 is 5.97 Å². The van der Waals surface area contributed by atoms with Crippen molar-refractivity contribution in [2.24, 2.45) is 11.8 Å². The van der Waals surface area contributed by atoms with Crippen molar-refractivity contribution in [1.82, 2.24) is 19.9 Å². The van der Waals surface area contributed by atoms with E-state index in [1.807, 2.05) is 32.9 Å². The minimum Gasteiger partial charge on any atom is -0.474 e. The predicted molar refractivity (Wildman–Crippen MR) is 264 cm³/mol. The number of nitrogens with zero attached hydrogens (tertiary/aromatic N) is 3. The number of benzene rings is 1. The number of fused-ring (bicyclic) bond motifs is 3. The fourth-order valence-corrected chi connectivity index (χ4v) is 12.5. The summed E-state index contributed by atoms with van der Waals surface area (Å²) in [5.41, 5.74) is 2.40. The zero-order chi connectivity index (χ0) is 48.6. The molecule has 7 rings (SSSR count). The lowest BCUT2D eigenvalue weighted by atomic mass is 9.93. The standard InChI is InChI=1S/C52H75N5O8S2/c1-32(2)44-45(33(3)4)66-47(53-44)39-23-17-24-40-38(39)22-18-25-42(57(40)34(5)6)64-37-29-41-46(59)54-52(49(61)55-67(62,63)51(10)27-28-51)30-36(52)21-15-13-11-12-14-19-35(48(60)56(41)31-37)20-16-26-43(58)65-50(7,8)9/h15,17,21,23-25,32-37,41H,11-14,16,18-20,22,26-31H2,1-10H3,(H,54,59)(H,55,61). The molecule has 2 aliphatic carbocycles. The summed E-state index contributed by atoms with van der Waals surface area (Å²) in [6.45, 7) is 20.3. The first kappa shape index (κ1) is 50.6. The third kappa shape index (κ3) is 11.3. The van der Waals surface area contributed by atoms with E-state index in [4.69, 9.17) is 14.5 Å². The molecule has 3 amide bonds. The highest BCUT2D eigenvalue weighted by Crippen LogP contribution is 2.48. The number of hydrogen-bond donors (Lipinski definition) is 2.